The second-order valence-corrected chi connectivity index (χ2v) is 8.72. The monoisotopic (exact) mass is 407 g/mol. The molecule has 4 heteroatoms. The van der Waals surface area contributed by atoms with Crippen LogP contribution in [-0.4, -0.2) is 49.7 Å². The van der Waals surface area contributed by atoms with E-state index < -0.39 is 0 Å². The van der Waals surface area contributed by atoms with Gasteiger partial charge in [-0.15, -0.1) is 0 Å². The van der Waals surface area contributed by atoms with Gasteiger partial charge in [-0.05, 0) is 68.0 Å². The quantitative estimate of drug-likeness (QED) is 0.447. The third-order valence-corrected chi connectivity index (χ3v) is 5.54. The van der Waals surface area contributed by atoms with Crippen molar-refractivity contribution in [1.82, 2.24) is 9.88 Å². The molecule has 2 aromatic rings. The minimum Gasteiger partial charge on any atom is -0.494 e. The Morgan fingerprint density at radius 1 is 1.13 bits per heavy atom. The Bertz CT molecular complexity index is 788. The second kappa shape index (κ2) is 11.8. The maximum atomic E-state index is 6.01. The summed E-state index contributed by atoms with van der Waals surface area (Å²) in [7, 11) is 2.13. The van der Waals surface area contributed by atoms with E-state index in [2.05, 4.69) is 72.1 Å². The summed E-state index contributed by atoms with van der Waals surface area (Å²) in [5.41, 5.74) is 3.85. The van der Waals surface area contributed by atoms with E-state index >= 15 is 0 Å². The highest BCUT2D eigenvalue weighted by atomic mass is 16.5. The Labute approximate surface area is 182 Å². The van der Waals surface area contributed by atoms with E-state index in [1.54, 1.807) is 0 Å². The highest BCUT2D eigenvalue weighted by molar-refractivity contribution is 5.72. The van der Waals surface area contributed by atoms with Crippen LogP contribution >= 0.6 is 0 Å². The Kier molecular flexibility index (Phi) is 8.76. The Morgan fingerprint density at radius 2 is 2.03 bits per heavy atom. The van der Waals surface area contributed by atoms with Gasteiger partial charge in [0.25, 0.3) is 0 Å². The van der Waals surface area contributed by atoms with Crippen LogP contribution in [0.1, 0.15) is 44.2 Å². The third-order valence-electron chi connectivity index (χ3n) is 5.54. The van der Waals surface area contributed by atoms with E-state index in [1.807, 2.05) is 18.5 Å². The molecule has 0 amide bonds. The highest BCUT2D eigenvalue weighted by Crippen LogP contribution is 2.28. The number of pyridine rings is 1. The van der Waals surface area contributed by atoms with Crippen LogP contribution in [0.2, 0.25) is 0 Å². The van der Waals surface area contributed by atoms with Gasteiger partial charge in [0.05, 0.1) is 6.61 Å². The van der Waals surface area contributed by atoms with E-state index in [0.717, 1.165) is 51.4 Å². The molecule has 0 aliphatic carbocycles. The van der Waals surface area contributed by atoms with Crippen LogP contribution < -0.4 is 9.64 Å². The molecule has 0 saturated heterocycles. The summed E-state index contributed by atoms with van der Waals surface area (Å²) in [5.74, 6) is 1.67. The molecule has 1 aromatic heterocycles. The summed E-state index contributed by atoms with van der Waals surface area (Å²) in [6, 6.07) is 10.6. The zero-order chi connectivity index (χ0) is 21.2. The molecule has 0 bridgehead atoms. The molecule has 0 N–H and O–H groups in total. The van der Waals surface area contributed by atoms with E-state index in [-0.39, 0.29) is 0 Å². The molecular formula is C26H37N3O. The molecule has 0 saturated carbocycles. The number of hydrogen-bond donors (Lipinski definition) is 0. The van der Waals surface area contributed by atoms with Gasteiger partial charge >= 0.3 is 0 Å². The first-order chi connectivity index (χ1) is 14.6. The molecule has 1 aliphatic heterocycles. The van der Waals surface area contributed by atoms with Gasteiger partial charge in [0.2, 0.25) is 0 Å². The maximum Gasteiger partial charge on any atom is 0.120 e. The largest absolute Gasteiger partial charge is 0.494 e. The third kappa shape index (κ3) is 7.17. The average molecular weight is 408 g/mol. The van der Waals surface area contributed by atoms with Crippen molar-refractivity contribution in [3.05, 3.63) is 59.9 Å². The number of unbranched alkanes of at least 4 members (excludes halogenated alkanes) is 2. The molecule has 0 atom stereocenters. The number of anilines is 1. The lowest BCUT2D eigenvalue weighted by molar-refractivity contribution is 0.236. The van der Waals surface area contributed by atoms with Gasteiger partial charge in [-0.3, -0.25) is 4.98 Å². The van der Waals surface area contributed by atoms with Crippen LogP contribution in [0.25, 0.3) is 6.08 Å². The molecule has 3 rings (SSSR count). The standard InChI is InChI=1S/C26H37N3O/c1-22(2)21-29(17-13-23-9-7-14-27-20-23)16-5-4-6-18-30-25-11-12-26-24(19-25)10-8-15-28(26)3/h7-12,14,19-20,22H,4-6,13,15-18,21H2,1-3H3. The molecule has 0 radical (unpaired) electrons. The lowest BCUT2D eigenvalue weighted by atomic mass is 10.1. The molecule has 2 heterocycles. The number of nitrogens with zero attached hydrogens (tertiary/aromatic N) is 3. The number of benzene rings is 1. The second-order valence-electron chi connectivity index (χ2n) is 8.72. The Balaban J connectivity index is 1.35. The van der Waals surface area contributed by atoms with Crippen molar-refractivity contribution in [1.29, 1.82) is 0 Å². The van der Waals surface area contributed by atoms with E-state index in [0.29, 0.717) is 5.92 Å². The summed E-state index contributed by atoms with van der Waals surface area (Å²) < 4.78 is 6.01. The fourth-order valence-corrected chi connectivity index (χ4v) is 3.99. The van der Waals surface area contributed by atoms with E-state index in [1.165, 1.54) is 29.7 Å². The van der Waals surface area contributed by atoms with Crippen LogP contribution in [0.15, 0.2) is 48.8 Å². The molecule has 0 spiro atoms. The molecule has 4 nitrogen and oxygen atoms in total. The predicted molar refractivity (Wildman–Crippen MR) is 127 cm³/mol. The van der Waals surface area contributed by atoms with Crippen LogP contribution in [0.4, 0.5) is 5.69 Å². The first kappa shape index (κ1) is 22.4. The fourth-order valence-electron chi connectivity index (χ4n) is 3.99. The Hall–Kier alpha value is -2.33. The molecule has 162 valence electrons. The number of likely N-dealkylation sites (N-methyl/N-ethyl adjacent to an activating group) is 1. The van der Waals surface area contributed by atoms with Gasteiger partial charge in [-0.2, -0.15) is 0 Å². The van der Waals surface area contributed by atoms with Crippen LogP contribution in [0.3, 0.4) is 0 Å². The van der Waals surface area contributed by atoms with Crippen molar-refractivity contribution >= 4 is 11.8 Å². The normalized spacial score (nSPS) is 13.2. The number of rotatable bonds is 12. The first-order valence-electron chi connectivity index (χ1n) is 11.4. The average Bonchev–Trinajstić information content (AvgIpc) is 2.74. The number of fused-ring (bicyclic) bond motifs is 1. The smallest absolute Gasteiger partial charge is 0.120 e. The van der Waals surface area contributed by atoms with Crippen molar-refractivity contribution in [2.24, 2.45) is 5.92 Å². The first-order valence-corrected chi connectivity index (χ1v) is 11.4. The summed E-state index contributed by atoms with van der Waals surface area (Å²) in [5, 5.41) is 0. The van der Waals surface area contributed by atoms with Crippen molar-refractivity contribution in [3.63, 3.8) is 0 Å². The highest BCUT2D eigenvalue weighted by Gasteiger charge is 2.10. The topological polar surface area (TPSA) is 28.6 Å². The van der Waals surface area contributed by atoms with Gasteiger partial charge in [-0.25, -0.2) is 0 Å². The number of hydrogen-bond acceptors (Lipinski definition) is 4. The van der Waals surface area contributed by atoms with E-state index in [9.17, 15) is 0 Å². The number of aromatic nitrogens is 1. The molecule has 0 fully saturated rings. The van der Waals surface area contributed by atoms with E-state index in [4.69, 9.17) is 4.74 Å². The fraction of sp³-hybridized carbons (Fsp3) is 0.500. The van der Waals surface area contributed by atoms with Gasteiger partial charge in [-0.1, -0.05) is 32.1 Å². The number of ether oxygens (including phenoxy) is 1. The van der Waals surface area contributed by atoms with Crippen molar-refractivity contribution in [2.75, 3.05) is 44.7 Å². The lowest BCUT2D eigenvalue weighted by Gasteiger charge is -2.24. The maximum absolute atomic E-state index is 6.01. The zero-order valence-corrected chi connectivity index (χ0v) is 18.9. The molecular weight excluding hydrogens is 370 g/mol. The molecule has 0 unspecified atom stereocenters. The van der Waals surface area contributed by atoms with Crippen molar-refractivity contribution < 1.29 is 4.74 Å². The van der Waals surface area contributed by atoms with Crippen LogP contribution in [0.5, 0.6) is 5.75 Å². The predicted octanol–water partition coefficient (Wildman–Crippen LogP) is 5.29. The summed E-state index contributed by atoms with van der Waals surface area (Å²) in [6.07, 6.45) is 12.8. The van der Waals surface area contributed by atoms with Crippen LogP contribution in [0, 0.1) is 5.92 Å². The molecule has 1 aromatic carbocycles. The van der Waals surface area contributed by atoms with Crippen molar-refractivity contribution in [3.8, 4) is 5.75 Å². The Morgan fingerprint density at radius 3 is 2.83 bits per heavy atom. The van der Waals surface area contributed by atoms with Crippen molar-refractivity contribution in [2.45, 2.75) is 39.5 Å². The summed E-state index contributed by atoms with van der Waals surface area (Å²) in [4.78, 5) is 9.10. The minimum absolute atomic E-state index is 0.694. The lowest BCUT2D eigenvalue weighted by Crippen LogP contribution is -2.31. The van der Waals surface area contributed by atoms with Gasteiger partial charge in [0, 0.05) is 50.3 Å². The summed E-state index contributed by atoms with van der Waals surface area (Å²) >= 11 is 0. The zero-order valence-electron chi connectivity index (χ0n) is 18.9. The SMILES string of the molecule is CC(C)CN(CCCCCOc1ccc2c(c1)C=CCN2C)CCc1cccnc1. The van der Waals surface area contributed by atoms with Gasteiger partial charge in [0.15, 0.2) is 0 Å². The van der Waals surface area contributed by atoms with Crippen LogP contribution in [-0.2, 0) is 6.42 Å². The van der Waals surface area contributed by atoms with Gasteiger partial charge < -0.3 is 14.5 Å². The van der Waals surface area contributed by atoms with Gasteiger partial charge in [0.1, 0.15) is 5.75 Å². The minimum atomic E-state index is 0.694. The summed E-state index contributed by atoms with van der Waals surface area (Å²) in [6.45, 7) is 9.80. The molecule has 1 aliphatic rings. The molecule has 30 heavy (non-hydrogen) atoms.